The van der Waals surface area contributed by atoms with Gasteiger partial charge in [0.2, 0.25) is 17.3 Å². The molecule has 4 heterocycles. The van der Waals surface area contributed by atoms with E-state index in [2.05, 4.69) is 10.3 Å². The number of aliphatic hydroxyl groups is 1. The van der Waals surface area contributed by atoms with Crippen molar-refractivity contribution in [1.82, 2.24) is 19.9 Å². The van der Waals surface area contributed by atoms with Gasteiger partial charge in [0.15, 0.2) is 11.4 Å². The minimum atomic E-state index is -1.10. The molecule has 33 heavy (non-hydrogen) atoms. The molecule has 0 radical (unpaired) electrons. The van der Waals surface area contributed by atoms with Crippen LogP contribution in [0.4, 0.5) is 8.78 Å². The van der Waals surface area contributed by atoms with Crippen LogP contribution in [0, 0.1) is 11.9 Å². The SMILES string of the molecule is CCN1C(=O)c2c(O)c(=O)c(C(=O)NCc3ccc(F)nc3F)cn2N2C[C@@H](O)CCC[C@@H]12. The quantitative estimate of drug-likeness (QED) is 0.562. The van der Waals surface area contributed by atoms with Gasteiger partial charge in [-0.3, -0.25) is 24.1 Å². The Morgan fingerprint density at radius 2 is 2.03 bits per heavy atom. The molecule has 1 saturated heterocycles. The van der Waals surface area contributed by atoms with Gasteiger partial charge in [0.1, 0.15) is 11.7 Å². The molecule has 2 aliphatic rings. The smallest absolute Gasteiger partial charge is 0.278 e. The Morgan fingerprint density at radius 3 is 2.73 bits per heavy atom. The number of fused-ring (bicyclic) bond motifs is 3. The fraction of sp³-hybridized carbons (Fsp3) is 0.429. The molecular weight excluding hydrogens is 440 g/mol. The second-order valence-electron chi connectivity index (χ2n) is 7.96. The molecule has 12 heteroatoms. The average Bonchev–Trinajstić information content (AvgIpc) is 2.96. The molecule has 0 aromatic carbocycles. The lowest BCUT2D eigenvalue weighted by Gasteiger charge is -2.46. The fourth-order valence-electron chi connectivity index (χ4n) is 4.28. The van der Waals surface area contributed by atoms with E-state index in [-0.39, 0.29) is 24.3 Å². The number of aliphatic hydroxyl groups excluding tert-OH is 1. The van der Waals surface area contributed by atoms with Gasteiger partial charge in [0, 0.05) is 24.8 Å². The first-order chi connectivity index (χ1) is 15.7. The van der Waals surface area contributed by atoms with E-state index in [1.54, 1.807) is 11.9 Å². The number of hydrogen-bond acceptors (Lipinski definition) is 7. The second-order valence-corrected chi connectivity index (χ2v) is 7.96. The lowest BCUT2D eigenvalue weighted by Crippen LogP contribution is -2.62. The number of pyridine rings is 2. The zero-order valence-corrected chi connectivity index (χ0v) is 17.8. The summed E-state index contributed by atoms with van der Waals surface area (Å²) in [5.74, 6) is -4.49. The summed E-state index contributed by atoms with van der Waals surface area (Å²) in [7, 11) is 0. The Labute approximate surface area is 187 Å². The van der Waals surface area contributed by atoms with Gasteiger partial charge in [-0.2, -0.15) is 13.8 Å². The zero-order chi connectivity index (χ0) is 23.9. The molecule has 176 valence electrons. The van der Waals surface area contributed by atoms with Crippen LogP contribution in [0.3, 0.4) is 0 Å². The second kappa shape index (κ2) is 8.77. The molecule has 3 N–H and O–H groups in total. The van der Waals surface area contributed by atoms with E-state index in [9.17, 15) is 33.4 Å². The zero-order valence-electron chi connectivity index (χ0n) is 17.8. The third-order valence-corrected chi connectivity index (χ3v) is 5.92. The predicted octanol–water partition coefficient (Wildman–Crippen LogP) is 0.442. The van der Waals surface area contributed by atoms with Crippen molar-refractivity contribution in [2.45, 2.75) is 45.0 Å². The number of carbonyl (C=O) groups is 2. The molecule has 0 unspecified atom stereocenters. The van der Waals surface area contributed by atoms with Crippen LogP contribution >= 0.6 is 0 Å². The highest BCUT2D eigenvalue weighted by Crippen LogP contribution is 2.29. The lowest BCUT2D eigenvalue weighted by atomic mass is 10.1. The van der Waals surface area contributed by atoms with Gasteiger partial charge >= 0.3 is 0 Å². The van der Waals surface area contributed by atoms with Gasteiger partial charge in [-0.05, 0) is 38.3 Å². The van der Waals surface area contributed by atoms with Gasteiger partial charge in [0.25, 0.3) is 11.8 Å². The molecule has 2 aliphatic heterocycles. The maximum absolute atomic E-state index is 13.8. The third kappa shape index (κ3) is 4.01. The van der Waals surface area contributed by atoms with Crippen molar-refractivity contribution in [3.05, 3.63) is 57.3 Å². The summed E-state index contributed by atoms with van der Waals surface area (Å²) >= 11 is 0. The number of carbonyl (C=O) groups excluding carboxylic acids is 2. The summed E-state index contributed by atoms with van der Waals surface area (Å²) in [5.41, 5.74) is -1.93. The first-order valence-electron chi connectivity index (χ1n) is 10.6. The summed E-state index contributed by atoms with van der Waals surface area (Å²) in [4.78, 5) is 43.1. The fourth-order valence-corrected chi connectivity index (χ4v) is 4.28. The molecule has 2 atom stereocenters. The van der Waals surface area contributed by atoms with Crippen LogP contribution in [-0.2, 0) is 6.54 Å². The monoisotopic (exact) mass is 463 g/mol. The molecule has 2 aromatic rings. The number of amides is 2. The summed E-state index contributed by atoms with van der Waals surface area (Å²) in [6.07, 6.45) is 1.75. The van der Waals surface area contributed by atoms with Crippen LogP contribution in [0.2, 0.25) is 0 Å². The molecule has 2 amide bonds. The van der Waals surface area contributed by atoms with E-state index in [0.717, 1.165) is 18.3 Å². The van der Waals surface area contributed by atoms with Crippen LogP contribution in [0.1, 0.15) is 52.6 Å². The van der Waals surface area contributed by atoms with Crippen molar-refractivity contribution in [1.29, 1.82) is 0 Å². The molecule has 0 bridgehead atoms. The van der Waals surface area contributed by atoms with E-state index < -0.39 is 52.7 Å². The Kier molecular flexibility index (Phi) is 6.02. The molecular formula is C21H23F2N5O5. The largest absolute Gasteiger partial charge is 0.502 e. The lowest BCUT2D eigenvalue weighted by molar-refractivity contribution is 0.0559. The molecule has 2 aromatic heterocycles. The number of nitrogens with one attached hydrogen (secondary N) is 1. The topological polar surface area (TPSA) is 128 Å². The Morgan fingerprint density at radius 1 is 1.27 bits per heavy atom. The number of aromatic hydroxyl groups is 1. The highest BCUT2D eigenvalue weighted by atomic mass is 19.1. The first kappa shape index (κ1) is 22.6. The third-order valence-electron chi connectivity index (χ3n) is 5.92. The van der Waals surface area contributed by atoms with E-state index in [1.807, 2.05) is 0 Å². The van der Waals surface area contributed by atoms with Crippen molar-refractivity contribution in [2.24, 2.45) is 0 Å². The molecule has 10 nitrogen and oxygen atoms in total. The maximum atomic E-state index is 13.8. The number of hydrogen-bond donors (Lipinski definition) is 3. The van der Waals surface area contributed by atoms with Gasteiger partial charge < -0.3 is 20.4 Å². The first-order valence-corrected chi connectivity index (χ1v) is 10.6. The van der Waals surface area contributed by atoms with Crippen LogP contribution in [-0.4, -0.2) is 61.9 Å². The van der Waals surface area contributed by atoms with Gasteiger partial charge in [-0.15, -0.1) is 0 Å². The number of rotatable bonds is 4. The van der Waals surface area contributed by atoms with Crippen molar-refractivity contribution in [2.75, 3.05) is 18.1 Å². The van der Waals surface area contributed by atoms with Gasteiger partial charge in [0.05, 0.1) is 12.6 Å². The van der Waals surface area contributed by atoms with Gasteiger partial charge in [-0.25, -0.2) is 0 Å². The van der Waals surface area contributed by atoms with Crippen LogP contribution in [0.5, 0.6) is 5.75 Å². The van der Waals surface area contributed by atoms with Crippen molar-refractivity contribution in [3.63, 3.8) is 0 Å². The van der Waals surface area contributed by atoms with Crippen molar-refractivity contribution in [3.8, 4) is 5.75 Å². The van der Waals surface area contributed by atoms with E-state index in [1.165, 1.54) is 9.58 Å². The molecule has 0 spiro atoms. The van der Waals surface area contributed by atoms with Crippen LogP contribution < -0.4 is 15.8 Å². The summed E-state index contributed by atoms with van der Waals surface area (Å²) in [5, 5.41) is 24.9. The standard InChI is InChI=1S/C21H23F2N5O5/c1-2-26-15-5-3-4-12(29)9-27(15)28-10-13(17(30)18(31)16(28)21(26)33)20(32)24-8-11-6-7-14(22)25-19(11)23/h6-7,10,12,15,29,31H,2-5,8-9H2,1H3,(H,24,32)/t12-,15-/m0/s1. The predicted molar refractivity (Wildman–Crippen MR) is 111 cm³/mol. The normalized spacial score (nSPS) is 20.2. The van der Waals surface area contributed by atoms with Crippen LogP contribution in [0.25, 0.3) is 0 Å². The summed E-state index contributed by atoms with van der Waals surface area (Å²) in [6.45, 7) is 1.83. The summed E-state index contributed by atoms with van der Waals surface area (Å²) in [6, 6.07) is 2.04. The number of halogens is 2. The van der Waals surface area contributed by atoms with E-state index in [0.29, 0.717) is 25.8 Å². The minimum Gasteiger partial charge on any atom is -0.502 e. The highest BCUT2D eigenvalue weighted by Gasteiger charge is 2.41. The Bertz CT molecular complexity index is 1170. The van der Waals surface area contributed by atoms with Crippen molar-refractivity contribution >= 4 is 11.8 Å². The summed E-state index contributed by atoms with van der Waals surface area (Å²) < 4.78 is 28.0. The van der Waals surface area contributed by atoms with Crippen molar-refractivity contribution < 1.29 is 28.6 Å². The number of aromatic nitrogens is 2. The maximum Gasteiger partial charge on any atom is 0.278 e. The van der Waals surface area contributed by atoms with Gasteiger partial charge in [-0.1, -0.05) is 0 Å². The van der Waals surface area contributed by atoms with E-state index in [4.69, 9.17) is 0 Å². The molecule has 0 saturated carbocycles. The highest BCUT2D eigenvalue weighted by molar-refractivity contribution is 5.99. The average molecular weight is 463 g/mol. The minimum absolute atomic E-state index is 0.100. The Hall–Kier alpha value is -3.54. The molecule has 1 fully saturated rings. The number of nitrogens with zero attached hydrogens (tertiary/aromatic N) is 4. The Balaban J connectivity index is 1.72. The molecule has 4 rings (SSSR count). The van der Waals surface area contributed by atoms with E-state index >= 15 is 0 Å². The molecule has 0 aliphatic carbocycles. The van der Waals surface area contributed by atoms with Crippen LogP contribution in [0.15, 0.2) is 23.1 Å².